The fourth-order valence-electron chi connectivity index (χ4n) is 3.71. The van der Waals surface area contributed by atoms with Crippen LogP contribution in [0.25, 0.3) is 0 Å². The van der Waals surface area contributed by atoms with E-state index in [4.69, 9.17) is 9.47 Å². The summed E-state index contributed by atoms with van der Waals surface area (Å²) in [5.41, 5.74) is 1.50. The molecule has 1 heterocycles. The largest absolute Gasteiger partial charge is 0.466 e. The van der Waals surface area contributed by atoms with Gasteiger partial charge in [0.2, 0.25) is 5.78 Å². The monoisotopic (exact) mass is 369 g/mol. The summed E-state index contributed by atoms with van der Waals surface area (Å²) in [4.78, 5) is 42.5. The van der Waals surface area contributed by atoms with Crippen molar-refractivity contribution < 1.29 is 23.9 Å². The first-order valence-electron chi connectivity index (χ1n) is 9.20. The number of ether oxygens (including phenoxy) is 2. The van der Waals surface area contributed by atoms with Gasteiger partial charge < -0.3 is 9.47 Å². The zero-order valence-corrected chi connectivity index (χ0v) is 15.8. The molecular weight excluding hydrogens is 346 g/mol. The Hall–Kier alpha value is -2.76. The molecule has 1 atom stereocenters. The van der Waals surface area contributed by atoms with Crippen LogP contribution in [0.4, 0.5) is 0 Å². The van der Waals surface area contributed by atoms with E-state index in [9.17, 15) is 14.4 Å². The van der Waals surface area contributed by atoms with Crippen molar-refractivity contribution in [2.45, 2.75) is 40.0 Å². The number of ketones is 1. The molecule has 0 radical (unpaired) electrons. The Bertz CT molecular complexity index is 867. The second-order valence-electron chi connectivity index (χ2n) is 6.70. The van der Waals surface area contributed by atoms with Crippen LogP contribution in [0.3, 0.4) is 0 Å². The SMILES string of the molecule is CCOC(=O)CC1=NC2=C(CCc3ccccc3C2=O)C1(C)C(=O)OCC. The molecule has 142 valence electrons. The number of nitrogens with zero attached hydrogens (tertiary/aromatic N) is 1. The number of aryl methyl sites for hydroxylation is 1. The molecule has 1 aromatic carbocycles. The Kier molecular flexibility index (Phi) is 5.26. The van der Waals surface area contributed by atoms with E-state index in [-0.39, 0.29) is 31.1 Å². The topological polar surface area (TPSA) is 82.0 Å². The maximum atomic E-state index is 13.1. The third-order valence-electron chi connectivity index (χ3n) is 5.14. The van der Waals surface area contributed by atoms with Crippen molar-refractivity contribution in [1.29, 1.82) is 0 Å². The molecule has 0 saturated carbocycles. The van der Waals surface area contributed by atoms with Crippen molar-refractivity contribution >= 4 is 23.4 Å². The van der Waals surface area contributed by atoms with Gasteiger partial charge in [-0.15, -0.1) is 0 Å². The average Bonchev–Trinajstić information content (AvgIpc) is 2.84. The Morgan fingerprint density at radius 3 is 2.52 bits per heavy atom. The van der Waals surface area contributed by atoms with E-state index in [2.05, 4.69) is 4.99 Å². The Morgan fingerprint density at radius 2 is 1.81 bits per heavy atom. The maximum Gasteiger partial charge on any atom is 0.321 e. The fraction of sp³-hybridized carbons (Fsp3) is 0.429. The minimum Gasteiger partial charge on any atom is -0.466 e. The van der Waals surface area contributed by atoms with E-state index in [0.717, 1.165) is 5.56 Å². The van der Waals surface area contributed by atoms with E-state index in [1.165, 1.54) is 0 Å². The number of Topliss-reactive ketones (excluding diaryl/α,β-unsaturated/α-hetero) is 1. The minimum atomic E-state index is -1.23. The Labute approximate surface area is 158 Å². The molecule has 3 rings (SSSR count). The molecule has 0 amide bonds. The van der Waals surface area contributed by atoms with Gasteiger partial charge in [0.15, 0.2) is 0 Å². The third kappa shape index (κ3) is 3.20. The molecule has 1 aliphatic carbocycles. The van der Waals surface area contributed by atoms with Crippen molar-refractivity contribution in [3.63, 3.8) is 0 Å². The lowest BCUT2D eigenvalue weighted by Crippen LogP contribution is -2.39. The van der Waals surface area contributed by atoms with Crippen molar-refractivity contribution in [2.24, 2.45) is 10.4 Å². The summed E-state index contributed by atoms with van der Waals surface area (Å²) in [6.45, 7) is 5.57. The van der Waals surface area contributed by atoms with Crippen LogP contribution in [0.15, 0.2) is 40.5 Å². The van der Waals surface area contributed by atoms with Gasteiger partial charge in [0, 0.05) is 5.56 Å². The standard InChI is InChI=1S/C21H23NO5/c1-4-26-17(23)12-16-21(3,20(25)27-5-2)15-11-10-13-8-6-7-9-14(13)19(24)18(15)22-16/h6-9H,4-5,10-12H2,1-3H3. The zero-order valence-electron chi connectivity index (χ0n) is 15.8. The van der Waals surface area contributed by atoms with Crippen LogP contribution in [0, 0.1) is 5.41 Å². The van der Waals surface area contributed by atoms with Gasteiger partial charge in [-0.05, 0) is 44.7 Å². The molecule has 1 unspecified atom stereocenters. The zero-order chi connectivity index (χ0) is 19.6. The number of hydrogen-bond acceptors (Lipinski definition) is 6. The summed E-state index contributed by atoms with van der Waals surface area (Å²) in [6.07, 6.45) is 0.978. The van der Waals surface area contributed by atoms with Crippen molar-refractivity contribution in [3.05, 3.63) is 46.7 Å². The van der Waals surface area contributed by atoms with Crippen LogP contribution >= 0.6 is 0 Å². The molecular formula is C21H23NO5. The van der Waals surface area contributed by atoms with E-state index >= 15 is 0 Å². The molecule has 6 nitrogen and oxygen atoms in total. The molecule has 0 fully saturated rings. The Morgan fingerprint density at radius 1 is 1.11 bits per heavy atom. The predicted molar refractivity (Wildman–Crippen MR) is 99.5 cm³/mol. The highest BCUT2D eigenvalue weighted by atomic mass is 16.5. The molecule has 6 heteroatoms. The van der Waals surface area contributed by atoms with E-state index in [1.54, 1.807) is 26.8 Å². The molecule has 1 aliphatic heterocycles. The summed E-state index contributed by atoms with van der Waals surface area (Å²) in [5, 5.41) is 0. The first-order chi connectivity index (χ1) is 12.9. The molecule has 0 bridgehead atoms. The van der Waals surface area contributed by atoms with Crippen LogP contribution in [0.2, 0.25) is 0 Å². The quantitative estimate of drug-likeness (QED) is 0.745. The van der Waals surface area contributed by atoms with Crippen LogP contribution in [0.1, 0.15) is 49.5 Å². The van der Waals surface area contributed by atoms with E-state index < -0.39 is 17.4 Å². The van der Waals surface area contributed by atoms with Crippen LogP contribution in [0.5, 0.6) is 0 Å². The van der Waals surface area contributed by atoms with Crippen LogP contribution in [-0.4, -0.2) is 36.6 Å². The van der Waals surface area contributed by atoms with Gasteiger partial charge in [0.05, 0.1) is 25.3 Å². The minimum absolute atomic E-state index is 0.148. The number of esters is 2. The van der Waals surface area contributed by atoms with Crippen LogP contribution < -0.4 is 0 Å². The summed E-state index contributed by atoms with van der Waals surface area (Å²) < 4.78 is 10.3. The predicted octanol–water partition coefficient (Wildman–Crippen LogP) is 3.05. The number of carbonyl (C=O) groups is 3. The fourth-order valence-corrected chi connectivity index (χ4v) is 3.71. The lowest BCUT2D eigenvalue weighted by molar-refractivity contribution is -0.148. The van der Waals surface area contributed by atoms with Gasteiger partial charge >= 0.3 is 11.9 Å². The number of aliphatic imine (C=N–C) groups is 1. The van der Waals surface area contributed by atoms with Gasteiger partial charge in [0.1, 0.15) is 11.1 Å². The van der Waals surface area contributed by atoms with E-state index in [0.29, 0.717) is 29.7 Å². The summed E-state index contributed by atoms with van der Waals surface area (Å²) >= 11 is 0. The molecule has 1 aromatic rings. The lowest BCUT2D eigenvalue weighted by atomic mass is 9.75. The van der Waals surface area contributed by atoms with Gasteiger partial charge in [-0.1, -0.05) is 24.3 Å². The smallest absolute Gasteiger partial charge is 0.321 e. The van der Waals surface area contributed by atoms with Crippen molar-refractivity contribution in [1.82, 2.24) is 0 Å². The number of rotatable bonds is 5. The van der Waals surface area contributed by atoms with Gasteiger partial charge in [0.25, 0.3) is 0 Å². The number of allylic oxidation sites excluding steroid dienone is 1. The summed E-state index contributed by atoms with van der Waals surface area (Å²) in [7, 11) is 0. The summed E-state index contributed by atoms with van der Waals surface area (Å²) in [5.74, 6) is -1.18. The number of carbonyl (C=O) groups excluding carboxylic acids is 3. The number of benzene rings is 1. The first kappa shape index (κ1) is 19.0. The molecule has 0 spiro atoms. The van der Waals surface area contributed by atoms with Gasteiger partial charge in [-0.2, -0.15) is 0 Å². The number of hydrogen-bond donors (Lipinski definition) is 0. The molecule has 2 aliphatic rings. The second kappa shape index (κ2) is 7.47. The van der Waals surface area contributed by atoms with Crippen LogP contribution in [-0.2, 0) is 25.5 Å². The van der Waals surface area contributed by atoms with Gasteiger partial charge in [-0.25, -0.2) is 0 Å². The third-order valence-corrected chi connectivity index (χ3v) is 5.14. The van der Waals surface area contributed by atoms with Gasteiger partial charge in [-0.3, -0.25) is 19.4 Å². The molecule has 27 heavy (non-hydrogen) atoms. The highest BCUT2D eigenvalue weighted by Gasteiger charge is 2.50. The molecule has 0 N–H and O–H groups in total. The lowest BCUT2D eigenvalue weighted by Gasteiger charge is -2.27. The summed E-state index contributed by atoms with van der Waals surface area (Å²) in [6, 6.07) is 7.39. The highest BCUT2D eigenvalue weighted by molar-refractivity contribution is 6.22. The maximum absolute atomic E-state index is 13.1. The van der Waals surface area contributed by atoms with E-state index in [1.807, 2.05) is 18.2 Å². The average molecular weight is 369 g/mol. The normalized spacial score (nSPS) is 21.1. The highest BCUT2D eigenvalue weighted by Crippen LogP contribution is 2.45. The van der Waals surface area contributed by atoms with Crippen molar-refractivity contribution in [3.8, 4) is 0 Å². The second-order valence-corrected chi connectivity index (χ2v) is 6.70. The molecule has 0 saturated heterocycles. The number of fused-ring (bicyclic) bond motifs is 1. The van der Waals surface area contributed by atoms with Crippen molar-refractivity contribution in [2.75, 3.05) is 13.2 Å². The molecule has 0 aromatic heterocycles. The first-order valence-corrected chi connectivity index (χ1v) is 9.20. The Balaban J connectivity index is 2.07.